The molecule has 0 amide bonds. The summed E-state index contributed by atoms with van der Waals surface area (Å²) in [6.45, 7) is 0.430. The minimum Gasteiger partial charge on any atom is -0.495 e. The lowest BCUT2D eigenvalue weighted by molar-refractivity contribution is 0.416. The van der Waals surface area contributed by atoms with Gasteiger partial charge in [-0.2, -0.15) is 0 Å². The van der Waals surface area contributed by atoms with Crippen molar-refractivity contribution in [2.75, 3.05) is 19.0 Å². The second-order valence-electron chi connectivity index (χ2n) is 4.30. The van der Waals surface area contributed by atoms with Crippen LogP contribution in [0.4, 0.5) is 5.69 Å². The Hall–Kier alpha value is -1.23. The van der Waals surface area contributed by atoms with Gasteiger partial charge in [-0.1, -0.05) is 45.7 Å². The first kappa shape index (κ1) is 15.2. The molecule has 106 valence electrons. The molecule has 0 aromatic heterocycles. The van der Waals surface area contributed by atoms with E-state index in [2.05, 4.69) is 21.2 Å². The van der Waals surface area contributed by atoms with Crippen molar-refractivity contribution in [1.29, 1.82) is 0 Å². The summed E-state index contributed by atoms with van der Waals surface area (Å²) in [5.74, 6) is 0.777. The van der Waals surface area contributed by atoms with Crippen LogP contribution < -0.4 is 15.8 Å². The van der Waals surface area contributed by atoms with Gasteiger partial charge in [0.1, 0.15) is 5.75 Å². The monoisotopic (exact) mass is 354 g/mol. The number of rotatable bonds is 5. The Morgan fingerprint density at radius 2 is 2.05 bits per heavy atom. The van der Waals surface area contributed by atoms with E-state index < -0.39 is 0 Å². The van der Waals surface area contributed by atoms with Crippen LogP contribution in [0.1, 0.15) is 11.6 Å². The van der Waals surface area contributed by atoms with Crippen molar-refractivity contribution in [3.8, 4) is 5.75 Å². The van der Waals surface area contributed by atoms with Crippen LogP contribution >= 0.6 is 27.5 Å². The zero-order chi connectivity index (χ0) is 14.5. The summed E-state index contributed by atoms with van der Waals surface area (Å²) in [5, 5.41) is 4.05. The average molecular weight is 356 g/mol. The first-order valence-electron chi connectivity index (χ1n) is 6.20. The second-order valence-corrected chi connectivity index (χ2v) is 5.62. The summed E-state index contributed by atoms with van der Waals surface area (Å²) in [5.41, 5.74) is 7.73. The number of methoxy groups -OCH3 is 1. The number of nitrogens with two attached hydrogens (primary N) is 1. The van der Waals surface area contributed by atoms with Crippen molar-refractivity contribution in [1.82, 2.24) is 0 Å². The molecule has 0 aliphatic carbocycles. The summed E-state index contributed by atoms with van der Waals surface area (Å²) >= 11 is 9.69. The van der Waals surface area contributed by atoms with Gasteiger partial charge < -0.3 is 15.8 Å². The van der Waals surface area contributed by atoms with E-state index in [1.807, 2.05) is 42.5 Å². The van der Waals surface area contributed by atoms with Crippen LogP contribution in [0.2, 0.25) is 5.02 Å². The number of hydrogen-bond donors (Lipinski definition) is 2. The minimum atomic E-state index is -0.0769. The molecule has 0 saturated heterocycles. The van der Waals surface area contributed by atoms with Crippen molar-refractivity contribution in [3.63, 3.8) is 0 Å². The van der Waals surface area contributed by atoms with Crippen LogP contribution in [0.3, 0.4) is 0 Å². The molecule has 0 saturated carbocycles. The molecule has 1 unspecified atom stereocenters. The lowest BCUT2D eigenvalue weighted by Crippen LogP contribution is -2.21. The zero-order valence-corrected chi connectivity index (χ0v) is 13.4. The topological polar surface area (TPSA) is 47.3 Å². The van der Waals surface area contributed by atoms with Crippen LogP contribution in [0.25, 0.3) is 0 Å². The fraction of sp³-hybridized carbons (Fsp3) is 0.200. The summed E-state index contributed by atoms with van der Waals surface area (Å²) in [4.78, 5) is 0. The molecule has 3 N–H and O–H groups in total. The van der Waals surface area contributed by atoms with Crippen LogP contribution in [0.15, 0.2) is 46.9 Å². The van der Waals surface area contributed by atoms with E-state index in [0.29, 0.717) is 11.6 Å². The normalized spacial score (nSPS) is 12.0. The van der Waals surface area contributed by atoms with Gasteiger partial charge in [-0.05, 0) is 29.8 Å². The molecule has 20 heavy (non-hydrogen) atoms. The van der Waals surface area contributed by atoms with E-state index in [1.54, 1.807) is 7.11 Å². The largest absolute Gasteiger partial charge is 0.495 e. The molecule has 0 aliphatic rings. The highest BCUT2D eigenvalue weighted by molar-refractivity contribution is 9.10. The van der Waals surface area contributed by atoms with Gasteiger partial charge >= 0.3 is 0 Å². The number of hydrogen-bond acceptors (Lipinski definition) is 3. The Bertz CT molecular complexity index is 592. The van der Waals surface area contributed by atoms with Crippen LogP contribution in [-0.2, 0) is 0 Å². The van der Waals surface area contributed by atoms with Gasteiger partial charge in [0, 0.05) is 16.0 Å². The summed E-state index contributed by atoms with van der Waals surface area (Å²) < 4.78 is 6.28. The quantitative estimate of drug-likeness (QED) is 0.844. The molecule has 0 spiro atoms. The molecular formula is C15H16BrClN2O. The summed E-state index contributed by atoms with van der Waals surface area (Å²) in [6.07, 6.45) is 0. The van der Waals surface area contributed by atoms with Crippen molar-refractivity contribution < 1.29 is 4.74 Å². The Morgan fingerprint density at radius 3 is 2.70 bits per heavy atom. The molecule has 0 radical (unpaired) electrons. The number of nitrogens with one attached hydrogen (secondary N) is 1. The Morgan fingerprint density at radius 1 is 1.30 bits per heavy atom. The minimum absolute atomic E-state index is 0.0769. The van der Waals surface area contributed by atoms with Crippen LogP contribution in [0.5, 0.6) is 5.75 Å². The highest BCUT2D eigenvalue weighted by Crippen LogP contribution is 2.31. The summed E-state index contributed by atoms with van der Waals surface area (Å²) in [6, 6.07) is 13.4. The summed E-state index contributed by atoms with van der Waals surface area (Å²) in [7, 11) is 1.64. The Labute approximate surface area is 132 Å². The third-order valence-electron chi connectivity index (χ3n) is 3.01. The van der Waals surface area contributed by atoms with Gasteiger partial charge in [-0.3, -0.25) is 0 Å². The third-order valence-corrected chi connectivity index (χ3v) is 3.83. The van der Waals surface area contributed by atoms with Crippen molar-refractivity contribution in [2.45, 2.75) is 6.04 Å². The van der Waals surface area contributed by atoms with E-state index in [9.17, 15) is 0 Å². The number of para-hydroxylation sites is 2. The Kier molecular flexibility index (Phi) is 5.29. The molecular weight excluding hydrogens is 340 g/mol. The lowest BCUT2D eigenvalue weighted by Gasteiger charge is -2.21. The van der Waals surface area contributed by atoms with E-state index in [4.69, 9.17) is 22.1 Å². The molecule has 2 aromatic carbocycles. The van der Waals surface area contributed by atoms with Gasteiger partial charge in [-0.15, -0.1) is 0 Å². The zero-order valence-electron chi connectivity index (χ0n) is 11.1. The molecule has 0 heterocycles. The predicted molar refractivity (Wildman–Crippen MR) is 87.6 cm³/mol. The van der Waals surface area contributed by atoms with Gasteiger partial charge in [0.05, 0.1) is 18.8 Å². The van der Waals surface area contributed by atoms with Crippen molar-refractivity contribution in [3.05, 3.63) is 57.5 Å². The van der Waals surface area contributed by atoms with E-state index in [1.165, 1.54) is 0 Å². The maximum Gasteiger partial charge on any atom is 0.141 e. The average Bonchev–Trinajstić information content (AvgIpc) is 2.46. The first-order chi connectivity index (χ1) is 9.65. The van der Waals surface area contributed by atoms with E-state index in [-0.39, 0.29) is 6.04 Å². The van der Waals surface area contributed by atoms with Gasteiger partial charge in [0.25, 0.3) is 0 Å². The molecule has 0 bridgehead atoms. The number of benzene rings is 2. The fourth-order valence-corrected chi connectivity index (χ4v) is 2.80. The third kappa shape index (κ3) is 3.45. The van der Waals surface area contributed by atoms with Crippen molar-refractivity contribution in [2.24, 2.45) is 5.73 Å². The molecule has 0 fully saturated rings. The number of ether oxygens (including phenoxy) is 1. The number of halogens is 2. The second kappa shape index (κ2) is 6.97. The maximum absolute atomic E-state index is 6.29. The SMILES string of the molecule is COc1ccccc1NC(CN)c1ccc(Br)cc1Cl. The Balaban J connectivity index is 2.29. The maximum atomic E-state index is 6.29. The lowest BCUT2D eigenvalue weighted by atomic mass is 10.1. The van der Waals surface area contributed by atoms with E-state index in [0.717, 1.165) is 21.5 Å². The molecule has 5 heteroatoms. The van der Waals surface area contributed by atoms with Gasteiger partial charge in [0.2, 0.25) is 0 Å². The first-order valence-corrected chi connectivity index (χ1v) is 7.37. The van der Waals surface area contributed by atoms with Crippen LogP contribution in [0, 0.1) is 0 Å². The van der Waals surface area contributed by atoms with Gasteiger partial charge in [0.15, 0.2) is 0 Å². The molecule has 0 aliphatic heterocycles. The highest BCUT2D eigenvalue weighted by atomic mass is 79.9. The molecule has 1 atom stereocenters. The molecule has 3 nitrogen and oxygen atoms in total. The fourth-order valence-electron chi connectivity index (χ4n) is 2.00. The predicted octanol–water partition coefficient (Wildman–Crippen LogP) is 4.22. The highest BCUT2D eigenvalue weighted by Gasteiger charge is 2.15. The smallest absolute Gasteiger partial charge is 0.141 e. The standard InChI is InChI=1S/C15H16BrClN2O/c1-20-15-5-3-2-4-13(15)19-14(9-18)11-7-6-10(16)8-12(11)17/h2-8,14,19H,9,18H2,1H3. The number of anilines is 1. The van der Waals surface area contributed by atoms with E-state index >= 15 is 0 Å². The molecule has 2 aromatic rings. The molecule has 2 rings (SSSR count). The van der Waals surface area contributed by atoms with Crippen molar-refractivity contribution >= 4 is 33.2 Å². The van der Waals surface area contributed by atoms with Crippen LogP contribution in [-0.4, -0.2) is 13.7 Å². The van der Waals surface area contributed by atoms with Gasteiger partial charge in [-0.25, -0.2) is 0 Å².